The lowest BCUT2D eigenvalue weighted by atomic mass is 10.0. The van der Waals surface area contributed by atoms with Crippen molar-refractivity contribution in [3.05, 3.63) is 109 Å². The van der Waals surface area contributed by atoms with Crippen molar-refractivity contribution in [1.82, 2.24) is 9.55 Å². The number of rotatable bonds is 2. The first-order chi connectivity index (χ1) is 15.9. The van der Waals surface area contributed by atoms with Crippen molar-refractivity contribution in [1.29, 1.82) is 0 Å². The second-order valence-corrected chi connectivity index (χ2v) is 9.07. The summed E-state index contributed by atoms with van der Waals surface area (Å²) in [5.74, 6) is 0. The molecule has 0 aliphatic heterocycles. The predicted molar refractivity (Wildman–Crippen MR) is 137 cm³/mol. The molecule has 0 spiro atoms. The summed E-state index contributed by atoms with van der Waals surface area (Å²) in [6.07, 6.45) is 1.87. The molecule has 0 fully saturated rings. The Morgan fingerprint density at radius 3 is 2.31 bits per heavy atom. The zero-order valence-electron chi connectivity index (χ0n) is 17.2. The average Bonchev–Trinajstić information content (AvgIpc) is 3.40. The summed E-state index contributed by atoms with van der Waals surface area (Å²) in [6, 6.07) is 36.7. The number of para-hydroxylation sites is 2. The van der Waals surface area contributed by atoms with Crippen LogP contribution >= 0.6 is 11.3 Å². The predicted octanol–water partition coefficient (Wildman–Crippen LogP) is 8.21. The van der Waals surface area contributed by atoms with Gasteiger partial charge >= 0.3 is 0 Å². The SMILES string of the molecule is c1ccc(-n2c3ccccc3c3ccc4sc5c(-c6ccccn6)cccc5c4c32)cc1. The molecule has 32 heavy (non-hydrogen) atoms. The Morgan fingerprint density at radius 2 is 1.44 bits per heavy atom. The van der Waals surface area contributed by atoms with Crippen molar-refractivity contribution < 1.29 is 0 Å². The topological polar surface area (TPSA) is 17.8 Å². The summed E-state index contributed by atoms with van der Waals surface area (Å²) < 4.78 is 5.02. The Bertz CT molecular complexity index is 1760. The molecule has 3 heterocycles. The summed E-state index contributed by atoms with van der Waals surface area (Å²) in [5.41, 5.74) is 5.91. The zero-order valence-corrected chi connectivity index (χ0v) is 18.0. The number of thiophene rings is 1. The van der Waals surface area contributed by atoms with Gasteiger partial charge in [-0.25, -0.2) is 0 Å². The molecule has 7 aromatic rings. The number of benzene rings is 4. The Hall–Kier alpha value is -3.95. The highest BCUT2D eigenvalue weighted by molar-refractivity contribution is 7.26. The fourth-order valence-electron chi connectivity index (χ4n) is 4.91. The zero-order chi connectivity index (χ0) is 21.1. The summed E-state index contributed by atoms with van der Waals surface area (Å²) in [6.45, 7) is 0. The van der Waals surface area contributed by atoms with Gasteiger partial charge in [-0.05, 0) is 36.4 Å². The number of pyridine rings is 1. The van der Waals surface area contributed by atoms with Gasteiger partial charge in [0.25, 0.3) is 0 Å². The van der Waals surface area contributed by atoms with Gasteiger partial charge in [-0.15, -0.1) is 11.3 Å². The molecule has 0 radical (unpaired) electrons. The first-order valence-corrected chi connectivity index (χ1v) is 11.6. The lowest BCUT2D eigenvalue weighted by molar-refractivity contribution is 1.19. The third-order valence-corrected chi connectivity index (χ3v) is 7.45. The molecular weight excluding hydrogens is 408 g/mol. The second kappa shape index (κ2) is 6.78. The van der Waals surface area contributed by atoms with E-state index in [0.717, 1.165) is 5.69 Å². The van der Waals surface area contributed by atoms with E-state index in [9.17, 15) is 0 Å². The van der Waals surface area contributed by atoms with Crippen LogP contribution < -0.4 is 0 Å². The molecule has 150 valence electrons. The number of hydrogen-bond acceptors (Lipinski definition) is 2. The third-order valence-electron chi connectivity index (χ3n) is 6.25. The van der Waals surface area contributed by atoms with Crippen molar-refractivity contribution >= 4 is 53.3 Å². The lowest BCUT2D eigenvalue weighted by Crippen LogP contribution is -1.93. The monoisotopic (exact) mass is 426 g/mol. The normalized spacial score (nSPS) is 11.8. The largest absolute Gasteiger partial charge is 0.309 e. The third kappa shape index (κ3) is 2.43. The van der Waals surface area contributed by atoms with E-state index < -0.39 is 0 Å². The fourth-order valence-corrected chi connectivity index (χ4v) is 6.13. The maximum absolute atomic E-state index is 4.63. The summed E-state index contributed by atoms with van der Waals surface area (Å²) >= 11 is 1.86. The van der Waals surface area contributed by atoms with Crippen LogP contribution in [0.15, 0.2) is 109 Å². The highest BCUT2D eigenvalue weighted by Crippen LogP contribution is 2.45. The van der Waals surface area contributed by atoms with Crippen molar-refractivity contribution in [2.75, 3.05) is 0 Å². The van der Waals surface area contributed by atoms with Gasteiger partial charge in [0, 0.05) is 48.4 Å². The minimum Gasteiger partial charge on any atom is -0.309 e. The first-order valence-electron chi connectivity index (χ1n) is 10.7. The van der Waals surface area contributed by atoms with Gasteiger partial charge in [0.1, 0.15) is 0 Å². The molecule has 3 aromatic heterocycles. The van der Waals surface area contributed by atoms with E-state index in [1.165, 1.54) is 53.2 Å². The van der Waals surface area contributed by atoms with Crippen molar-refractivity contribution in [3.63, 3.8) is 0 Å². The lowest BCUT2D eigenvalue weighted by Gasteiger charge is -2.09. The van der Waals surface area contributed by atoms with Crippen LogP contribution in [0, 0.1) is 0 Å². The van der Waals surface area contributed by atoms with Gasteiger partial charge in [-0.3, -0.25) is 4.98 Å². The van der Waals surface area contributed by atoms with Crippen LogP contribution in [0.25, 0.3) is 58.9 Å². The van der Waals surface area contributed by atoms with E-state index in [1.54, 1.807) is 0 Å². The van der Waals surface area contributed by atoms with Gasteiger partial charge in [-0.1, -0.05) is 66.7 Å². The molecule has 0 saturated heterocycles. The maximum Gasteiger partial charge on any atom is 0.0716 e. The quantitative estimate of drug-likeness (QED) is 0.272. The van der Waals surface area contributed by atoms with E-state index in [0.29, 0.717) is 0 Å². The Morgan fingerprint density at radius 1 is 0.625 bits per heavy atom. The van der Waals surface area contributed by atoms with Crippen LogP contribution in [0.4, 0.5) is 0 Å². The van der Waals surface area contributed by atoms with Crippen LogP contribution in [-0.2, 0) is 0 Å². The summed E-state index contributed by atoms with van der Waals surface area (Å²) in [4.78, 5) is 4.63. The first kappa shape index (κ1) is 17.7. The summed E-state index contributed by atoms with van der Waals surface area (Å²) in [7, 11) is 0. The maximum atomic E-state index is 4.63. The van der Waals surface area contributed by atoms with E-state index in [2.05, 4.69) is 107 Å². The minimum absolute atomic E-state index is 1.02. The Kier molecular flexibility index (Phi) is 3.75. The molecule has 0 unspecified atom stereocenters. The second-order valence-electron chi connectivity index (χ2n) is 8.02. The molecule has 0 aliphatic carbocycles. The standard InChI is InChI=1S/C29H18N2S/c1-2-9-19(10-3-1)31-25-15-5-4-11-20(25)21-16-17-26-27(28(21)31)23-13-8-12-22(29(23)32-26)24-14-6-7-18-30-24/h1-18H. The minimum atomic E-state index is 1.02. The van der Waals surface area contributed by atoms with E-state index >= 15 is 0 Å². The molecule has 0 saturated carbocycles. The van der Waals surface area contributed by atoms with Crippen LogP contribution in [0.2, 0.25) is 0 Å². The molecule has 0 amide bonds. The van der Waals surface area contributed by atoms with Gasteiger partial charge in [0.2, 0.25) is 0 Å². The molecule has 3 heteroatoms. The molecule has 0 N–H and O–H groups in total. The number of nitrogens with zero attached hydrogens (tertiary/aromatic N) is 2. The summed E-state index contributed by atoms with van der Waals surface area (Å²) in [5, 5.41) is 5.19. The van der Waals surface area contributed by atoms with Gasteiger partial charge < -0.3 is 4.57 Å². The molecular formula is C29H18N2S. The van der Waals surface area contributed by atoms with Crippen molar-refractivity contribution in [3.8, 4) is 16.9 Å². The van der Waals surface area contributed by atoms with Gasteiger partial charge in [0.05, 0.1) is 16.7 Å². The van der Waals surface area contributed by atoms with Gasteiger partial charge in [-0.2, -0.15) is 0 Å². The van der Waals surface area contributed by atoms with Crippen LogP contribution in [0.1, 0.15) is 0 Å². The van der Waals surface area contributed by atoms with Crippen LogP contribution in [0.5, 0.6) is 0 Å². The number of fused-ring (bicyclic) bond motifs is 7. The highest BCUT2D eigenvalue weighted by atomic mass is 32.1. The van der Waals surface area contributed by atoms with Gasteiger partial charge in [0.15, 0.2) is 0 Å². The van der Waals surface area contributed by atoms with Crippen molar-refractivity contribution in [2.24, 2.45) is 0 Å². The average molecular weight is 427 g/mol. The Balaban J connectivity index is 1.70. The van der Waals surface area contributed by atoms with E-state index in [1.807, 2.05) is 23.6 Å². The molecule has 2 nitrogen and oxygen atoms in total. The molecule has 4 aromatic carbocycles. The molecule has 0 atom stereocenters. The van der Waals surface area contributed by atoms with Crippen molar-refractivity contribution in [2.45, 2.75) is 0 Å². The smallest absolute Gasteiger partial charge is 0.0716 e. The number of aromatic nitrogens is 2. The fraction of sp³-hybridized carbons (Fsp3) is 0. The van der Waals surface area contributed by atoms with E-state index in [4.69, 9.17) is 0 Å². The van der Waals surface area contributed by atoms with E-state index in [-0.39, 0.29) is 0 Å². The molecule has 0 aliphatic rings. The Labute approximate surface area is 189 Å². The van der Waals surface area contributed by atoms with Crippen LogP contribution in [0.3, 0.4) is 0 Å². The highest BCUT2D eigenvalue weighted by Gasteiger charge is 2.19. The number of hydrogen-bond donors (Lipinski definition) is 0. The van der Waals surface area contributed by atoms with Crippen LogP contribution in [-0.4, -0.2) is 9.55 Å². The molecule has 7 rings (SSSR count). The molecule has 0 bridgehead atoms.